The predicted molar refractivity (Wildman–Crippen MR) is 56.4 cm³/mol. The molecule has 0 bridgehead atoms. The third-order valence-corrected chi connectivity index (χ3v) is 2.34. The molecule has 2 N–H and O–H groups in total. The molecule has 5 nitrogen and oxygen atoms in total. The first-order chi connectivity index (χ1) is 8.79. The summed E-state index contributed by atoms with van der Waals surface area (Å²) in [6.07, 6.45) is -8.79. The molecule has 0 aliphatic carbocycles. The van der Waals surface area contributed by atoms with E-state index in [0.717, 1.165) is 12.1 Å². The molecule has 104 valence electrons. The Morgan fingerprint density at radius 2 is 1.95 bits per heavy atom. The highest BCUT2D eigenvalue weighted by atomic mass is 19.4. The number of benzene rings is 1. The van der Waals surface area contributed by atoms with Crippen LogP contribution in [0.25, 0.3) is 10.4 Å². The zero-order valence-electron chi connectivity index (χ0n) is 9.34. The van der Waals surface area contributed by atoms with Crippen molar-refractivity contribution < 1.29 is 27.8 Å². The zero-order valence-corrected chi connectivity index (χ0v) is 9.34. The van der Waals surface area contributed by atoms with Gasteiger partial charge in [0.25, 0.3) is 0 Å². The van der Waals surface area contributed by atoms with E-state index >= 15 is 0 Å². The molecular formula is C10H9F4N3O2. The van der Waals surface area contributed by atoms with E-state index in [1.54, 1.807) is 0 Å². The van der Waals surface area contributed by atoms with Gasteiger partial charge in [-0.3, -0.25) is 0 Å². The van der Waals surface area contributed by atoms with Crippen LogP contribution in [0.4, 0.5) is 17.6 Å². The Balaban J connectivity index is 3.20. The van der Waals surface area contributed by atoms with Crippen LogP contribution in [-0.4, -0.2) is 22.9 Å². The van der Waals surface area contributed by atoms with Crippen molar-refractivity contribution in [1.82, 2.24) is 0 Å². The zero-order chi connectivity index (χ0) is 14.6. The molecule has 1 aromatic carbocycles. The van der Waals surface area contributed by atoms with Crippen molar-refractivity contribution in [1.29, 1.82) is 0 Å². The molecular weight excluding hydrogens is 270 g/mol. The van der Waals surface area contributed by atoms with E-state index in [2.05, 4.69) is 10.0 Å². The minimum absolute atomic E-state index is 0.596. The Kier molecular flexibility index (Phi) is 4.71. The summed E-state index contributed by atoms with van der Waals surface area (Å²) in [6.45, 7) is -0.633. The van der Waals surface area contributed by atoms with Gasteiger partial charge in [-0.05, 0) is 17.2 Å². The third-order valence-electron chi connectivity index (χ3n) is 2.34. The first-order valence-electron chi connectivity index (χ1n) is 5.01. The summed E-state index contributed by atoms with van der Waals surface area (Å²) >= 11 is 0. The molecule has 0 fully saturated rings. The van der Waals surface area contributed by atoms with Crippen LogP contribution in [0.3, 0.4) is 0 Å². The number of alkyl halides is 3. The molecule has 1 rings (SSSR count). The lowest BCUT2D eigenvalue weighted by atomic mass is 9.97. The van der Waals surface area contributed by atoms with E-state index in [1.807, 2.05) is 0 Å². The van der Waals surface area contributed by atoms with Crippen LogP contribution in [0.1, 0.15) is 17.2 Å². The van der Waals surface area contributed by atoms with Gasteiger partial charge in [-0.15, -0.1) is 0 Å². The average Bonchev–Trinajstić information content (AvgIpc) is 2.33. The van der Waals surface area contributed by atoms with Crippen molar-refractivity contribution in [3.8, 4) is 0 Å². The lowest BCUT2D eigenvalue weighted by molar-refractivity contribution is -0.142. The van der Waals surface area contributed by atoms with Gasteiger partial charge in [0.05, 0.1) is 18.2 Å². The third kappa shape index (κ3) is 3.57. The molecule has 9 heteroatoms. The topological polar surface area (TPSA) is 89.2 Å². The van der Waals surface area contributed by atoms with Gasteiger partial charge in [0.15, 0.2) is 0 Å². The number of nitrogens with zero attached hydrogens (tertiary/aromatic N) is 3. The molecule has 0 radical (unpaired) electrons. The van der Waals surface area contributed by atoms with Crippen LogP contribution in [0.2, 0.25) is 0 Å². The minimum Gasteiger partial charge on any atom is -0.390 e. The molecule has 2 unspecified atom stereocenters. The Bertz CT molecular complexity index is 500. The van der Waals surface area contributed by atoms with Crippen LogP contribution < -0.4 is 0 Å². The standard InChI is InChI=1S/C10H9F4N3O2/c11-6-3-1-2-5(8(6)10(12,13)14)9(19)7(18)4-16-17-15/h1-3,7,9,18-19H,4H2. The second kappa shape index (κ2) is 5.87. The SMILES string of the molecule is [N-]=[N+]=NCC(O)C(O)c1cccc(F)c1C(F)(F)F. The number of aliphatic hydroxyl groups excluding tert-OH is 2. The van der Waals surface area contributed by atoms with Gasteiger partial charge >= 0.3 is 6.18 Å². The molecule has 0 aromatic heterocycles. The van der Waals surface area contributed by atoms with E-state index in [-0.39, 0.29) is 0 Å². The molecule has 2 atom stereocenters. The van der Waals surface area contributed by atoms with Crippen LogP contribution in [-0.2, 0) is 6.18 Å². The predicted octanol–water partition coefficient (Wildman–Crippen LogP) is 2.55. The molecule has 0 heterocycles. The number of hydrogen-bond acceptors (Lipinski definition) is 3. The fourth-order valence-electron chi connectivity index (χ4n) is 1.51. The molecule has 19 heavy (non-hydrogen) atoms. The summed E-state index contributed by atoms with van der Waals surface area (Å²) in [5.74, 6) is -1.56. The van der Waals surface area contributed by atoms with E-state index in [0.29, 0.717) is 6.07 Å². The van der Waals surface area contributed by atoms with Crippen molar-refractivity contribution in [2.24, 2.45) is 5.11 Å². The van der Waals surface area contributed by atoms with Crippen LogP contribution >= 0.6 is 0 Å². The summed E-state index contributed by atoms with van der Waals surface area (Å²) < 4.78 is 51.2. The fourth-order valence-corrected chi connectivity index (χ4v) is 1.51. The van der Waals surface area contributed by atoms with Crippen LogP contribution in [0.15, 0.2) is 23.3 Å². The Morgan fingerprint density at radius 1 is 1.32 bits per heavy atom. The van der Waals surface area contributed by atoms with E-state index in [9.17, 15) is 27.8 Å². The van der Waals surface area contributed by atoms with Crippen LogP contribution in [0, 0.1) is 5.82 Å². The summed E-state index contributed by atoms with van der Waals surface area (Å²) in [4.78, 5) is 2.30. The molecule has 1 aromatic rings. The second-order valence-electron chi connectivity index (χ2n) is 3.63. The molecule has 0 saturated heterocycles. The van der Waals surface area contributed by atoms with Gasteiger partial charge in [0, 0.05) is 4.91 Å². The van der Waals surface area contributed by atoms with E-state index in [1.165, 1.54) is 0 Å². The highest BCUT2D eigenvalue weighted by molar-refractivity contribution is 5.33. The highest BCUT2D eigenvalue weighted by Crippen LogP contribution is 2.37. The highest BCUT2D eigenvalue weighted by Gasteiger charge is 2.39. The molecule has 0 spiro atoms. The quantitative estimate of drug-likeness (QED) is 0.384. The smallest absolute Gasteiger partial charge is 0.390 e. The molecule has 0 aliphatic heterocycles. The maximum absolute atomic E-state index is 13.2. The fraction of sp³-hybridized carbons (Fsp3) is 0.400. The number of rotatable bonds is 4. The molecule has 0 saturated carbocycles. The van der Waals surface area contributed by atoms with Crippen LogP contribution in [0.5, 0.6) is 0 Å². The first kappa shape index (κ1) is 15.2. The maximum Gasteiger partial charge on any atom is 0.419 e. The van der Waals surface area contributed by atoms with Gasteiger partial charge in [0.1, 0.15) is 11.9 Å². The monoisotopic (exact) mass is 279 g/mol. The number of azide groups is 1. The van der Waals surface area contributed by atoms with E-state index < -0.39 is 41.9 Å². The van der Waals surface area contributed by atoms with Gasteiger partial charge in [-0.1, -0.05) is 17.2 Å². The summed E-state index contributed by atoms with van der Waals surface area (Å²) in [6, 6.07) is 2.41. The lowest BCUT2D eigenvalue weighted by Gasteiger charge is -2.21. The molecule has 0 amide bonds. The lowest BCUT2D eigenvalue weighted by Crippen LogP contribution is -2.24. The number of hydrogen-bond donors (Lipinski definition) is 2. The van der Waals surface area contributed by atoms with E-state index in [4.69, 9.17) is 5.53 Å². The Morgan fingerprint density at radius 3 is 2.47 bits per heavy atom. The van der Waals surface area contributed by atoms with Crippen molar-refractivity contribution >= 4 is 0 Å². The largest absolute Gasteiger partial charge is 0.419 e. The van der Waals surface area contributed by atoms with Crippen molar-refractivity contribution in [3.63, 3.8) is 0 Å². The average molecular weight is 279 g/mol. The number of aliphatic hydroxyl groups is 2. The molecule has 0 aliphatic rings. The normalized spacial score (nSPS) is 14.6. The second-order valence-corrected chi connectivity index (χ2v) is 3.63. The number of halogens is 4. The minimum atomic E-state index is -5.01. The van der Waals surface area contributed by atoms with Gasteiger partial charge in [-0.25, -0.2) is 4.39 Å². The first-order valence-corrected chi connectivity index (χ1v) is 5.01. The maximum atomic E-state index is 13.2. The summed E-state index contributed by atoms with van der Waals surface area (Å²) in [5.41, 5.74) is 5.56. The van der Waals surface area contributed by atoms with Crippen molar-refractivity contribution in [3.05, 3.63) is 45.6 Å². The van der Waals surface area contributed by atoms with Crippen molar-refractivity contribution in [2.75, 3.05) is 6.54 Å². The van der Waals surface area contributed by atoms with Gasteiger partial charge in [0.2, 0.25) is 0 Å². The summed E-state index contributed by atoms with van der Waals surface area (Å²) in [7, 11) is 0. The Labute approximate surface area is 104 Å². The van der Waals surface area contributed by atoms with Gasteiger partial charge in [-0.2, -0.15) is 13.2 Å². The summed E-state index contributed by atoms with van der Waals surface area (Å²) in [5, 5.41) is 21.9. The Hall–Kier alpha value is -1.83. The van der Waals surface area contributed by atoms with Crippen molar-refractivity contribution in [2.45, 2.75) is 18.4 Å². The van der Waals surface area contributed by atoms with Gasteiger partial charge < -0.3 is 10.2 Å².